The van der Waals surface area contributed by atoms with E-state index >= 15 is 0 Å². The number of hydrogen-bond acceptors (Lipinski definition) is 15. The Hall–Kier alpha value is -6.06. The zero-order chi connectivity index (χ0) is 51.0. The molecule has 19 nitrogen and oxygen atoms in total. The van der Waals surface area contributed by atoms with E-state index in [2.05, 4.69) is 50.5 Å². The summed E-state index contributed by atoms with van der Waals surface area (Å²) in [6.45, 7) is 12.8. The molecule has 0 aliphatic carbocycles. The fraction of sp³-hybridized carbons (Fsp3) is 0.400. The summed E-state index contributed by atoms with van der Waals surface area (Å²) in [5, 5.41) is 26.2. The highest BCUT2D eigenvalue weighted by atomic mass is 35.5. The van der Waals surface area contributed by atoms with E-state index in [-0.39, 0.29) is 35.9 Å². The maximum absolute atomic E-state index is 13.3. The molecule has 1 atom stereocenters. The van der Waals surface area contributed by atoms with Gasteiger partial charge >= 0.3 is 0 Å². The molecule has 72 heavy (non-hydrogen) atoms. The molecular formula is C50H58ClN9O10S2. The van der Waals surface area contributed by atoms with Crippen LogP contribution in [0.3, 0.4) is 0 Å². The second kappa shape index (κ2) is 26.1. The Morgan fingerprint density at radius 1 is 0.806 bits per heavy atom. The lowest BCUT2D eigenvalue weighted by Gasteiger charge is -2.13. The number of aromatic amines is 1. The molecule has 0 spiro atoms. The van der Waals surface area contributed by atoms with E-state index < -0.39 is 22.0 Å². The molecule has 1 aliphatic rings. The van der Waals surface area contributed by atoms with Crippen LogP contribution < -0.4 is 15.4 Å². The fourth-order valence-electron chi connectivity index (χ4n) is 7.79. The molecular weight excluding hydrogens is 986 g/mol. The third-order valence-electron chi connectivity index (χ3n) is 11.5. The third-order valence-corrected chi connectivity index (χ3v) is 14.3. The van der Waals surface area contributed by atoms with Gasteiger partial charge in [0.05, 0.1) is 113 Å². The molecule has 382 valence electrons. The summed E-state index contributed by atoms with van der Waals surface area (Å²) < 4.78 is 64.5. The van der Waals surface area contributed by atoms with Gasteiger partial charge in [0.2, 0.25) is 5.91 Å². The number of benzene rings is 3. The molecule has 6 aromatic rings. The molecule has 2 amide bonds. The maximum Gasteiger partial charge on any atom is 0.261 e. The second-order valence-electron chi connectivity index (χ2n) is 16.5. The number of aliphatic imine (C=N–C) groups is 1. The topological polar surface area (TPSA) is 242 Å². The third kappa shape index (κ3) is 13.9. The average Bonchev–Trinajstić information content (AvgIpc) is 4.05. The van der Waals surface area contributed by atoms with Gasteiger partial charge < -0.3 is 44.0 Å². The van der Waals surface area contributed by atoms with Crippen LogP contribution in [0, 0.1) is 39.0 Å². The lowest BCUT2D eigenvalue weighted by molar-refractivity contribution is -0.121. The van der Waals surface area contributed by atoms with E-state index in [9.17, 15) is 23.3 Å². The number of amides is 2. The van der Waals surface area contributed by atoms with Crippen molar-refractivity contribution in [3.63, 3.8) is 0 Å². The monoisotopic (exact) mass is 1040 g/mol. The van der Waals surface area contributed by atoms with Crippen molar-refractivity contribution in [2.24, 2.45) is 4.99 Å². The first-order valence-electron chi connectivity index (χ1n) is 23.4. The number of H-pyrrole nitrogens is 1. The van der Waals surface area contributed by atoms with Crippen LogP contribution in [0.2, 0.25) is 5.02 Å². The Kier molecular flexibility index (Phi) is 19.4. The molecule has 3 aromatic heterocycles. The van der Waals surface area contributed by atoms with Gasteiger partial charge in [0.15, 0.2) is 5.82 Å². The number of anilines is 1. The van der Waals surface area contributed by atoms with E-state index in [0.29, 0.717) is 112 Å². The molecule has 7 rings (SSSR count). The predicted molar refractivity (Wildman–Crippen MR) is 273 cm³/mol. The van der Waals surface area contributed by atoms with Gasteiger partial charge in [-0.15, -0.1) is 21.5 Å². The number of aryl methyl sites for hydroxylation is 3. The molecule has 0 saturated carbocycles. The lowest BCUT2D eigenvalue weighted by Crippen LogP contribution is -2.29. The summed E-state index contributed by atoms with van der Waals surface area (Å²) >= 11 is 7.88. The summed E-state index contributed by atoms with van der Waals surface area (Å²) in [4.78, 5) is 35.2. The van der Waals surface area contributed by atoms with E-state index in [4.69, 9.17) is 45.0 Å². The van der Waals surface area contributed by atoms with Crippen LogP contribution in [0.4, 0.5) is 5.69 Å². The van der Waals surface area contributed by atoms with Crippen LogP contribution in [0.15, 0.2) is 76.7 Å². The van der Waals surface area contributed by atoms with Gasteiger partial charge in [-0.25, -0.2) is 8.42 Å². The van der Waals surface area contributed by atoms with Crippen molar-refractivity contribution in [3.05, 3.63) is 122 Å². The minimum absolute atomic E-state index is 0.0851. The molecule has 1 aliphatic heterocycles. The minimum Gasteiger partial charge on any atom is -0.377 e. The van der Waals surface area contributed by atoms with Crippen molar-refractivity contribution in [1.29, 1.82) is 5.26 Å². The van der Waals surface area contributed by atoms with Crippen LogP contribution >= 0.6 is 22.9 Å². The lowest BCUT2D eigenvalue weighted by atomic mass is 9.99. The number of rotatable bonds is 28. The Bertz CT molecular complexity index is 3000. The number of nitriles is 1. The fourth-order valence-corrected chi connectivity index (χ4v) is 10.2. The first-order chi connectivity index (χ1) is 34.9. The van der Waals surface area contributed by atoms with E-state index in [1.54, 1.807) is 23.5 Å². The Balaban J connectivity index is 0.671. The van der Waals surface area contributed by atoms with Crippen molar-refractivity contribution < 1.29 is 46.4 Å². The zero-order valence-electron chi connectivity index (χ0n) is 40.5. The SMILES string of the molecule is Cc1sc2c(c1C)C(c1ccc(Cl)cc1)=N[C@@H](CC(=O)NCCOCCOCCOCCOCCOCCOCCNC(=O)c1cccc(S(=O)(=O)Nc3ccc(C)c4c(C#N)c[nH]c34)c1)c1nnc(C)n1-2. The van der Waals surface area contributed by atoms with Crippen LogP contribution in [0.5, 0.6) is 0 Å². The van der Waals surface area contributed by atoms with Crippen LogP contribution in [-0.2, 0) is 43.2 Å². The minimum atomic E-state index is -4.05. The van der Waals surface area contributed by atoms with E-state index in [1.165, 1.54) is 35.3 Å². The Morgan fingerprint density at radius 2 is 1.42 bits per heavy atom. The highest BCUT2D eigenvalue weighted by molar-refractivity contribution is 7.92. The highest BCUT2D eigenvalue weighted by Crippen LogP contribution is 2.39. The van der Waals surface area contributed by atoms with Gasteiger partial charge in [-0.2, -0.15) is 5.26 Å². The molecule has 22 heteroatoms. The molecule has 0 bridgehead atoms. The Labute approximate surface area is 427 Å². The molecule has 4 N–H and O–H groups in total. The number of carbonyl (C=O) groups excluding carboxylic acids is 2. The van der Waals surface area contributed by atoms with Crippen molar-refractivity contribution >= 4 is 67.1 Å². The van der Waals surface area contributed by atoms with Gasteiger partial charge in [0.25, 0.3) is 15.9 Å². The normalized spacial score (nSPS) is 13.3. The number of fused-ring (bicyclic) bond motifs is 4. The molecule has 0 radical (unpaired) electrons. The molecule has 0 saturated heterocycles. The largest absolute Gasteiger partial charge is 0.377 e. The molecule has 3 aromatic carbocycles. The van der Waals surface area contributed by atoms with Gasteiger partial charge in [-0.05, 0) is 75.2 Å². The summed E-state index contributed by atoms with van der Waals surface area (Å²) in [6, 6.07) is 18.2. The maximum atomic E-state index is 13.3. The highest BCUT2D eigenvalue weighted by Gasteiger charge is 2.32. The number of thiophene rings is 1. The van der Waals surface area contributed by atoms with Gasteiger partial charge in [-0.1, -0.05) is 35.9 Å². The zero-order valence-corrected chi connectivity index (χ0v) is 42.9. The van der Waals surface area contributed by atoms with Crippen LogP contribution in [-0.4, -0.2) is 138 Å². The van der Waals surface area contributed by atoms with Crippen LogP contribution in [0.1, 0.15) is 67.2 Å². The molecule has 0 fully saturated rings. The van der Waals surface area contributed by atoms with Crippen molar-refractivity contribution in [2.75, 3.05) is 97.1 Å². The number of nitrogens with one attached hydrogen (secondary N) is 4. The summed E-state index contributed by atoms with van der Waals surface area (Å²) in [5.74, 6) is 0.732. The number of aromatic nitrogens is 4. The average molecular weight is 1040 g/mol. The van der Waals surface area contributed by atoms with Crippen molar-refractivity contribution in [2.45, 2.75) is 45.1 Å². The smallest absolute Gasteiger partial charge is 0.261 e. The van der Waals surface area contributed by atoms with Gasteiger partial charge in [0.1, 0.15) is 22.9 Å². The number of sulfonamides is 1. The Morgan fingerprint density at radius 3 is 2.04 bits per heavy atom. The number of carbonyl (C=O) groups is 2. The number of ether oxygens (including phenoxy) is 6. The van der Waals surface area contributed by atoms with E-state index in [1.807, 2.05) is 42.7 Å². The molecule has 0 unspecified atom stereocenters. The van der Waals surface area contributed by atoms with Crippen LogP contribution in [0.25, 0.3) is 15.9 Å². The number of hydrogen-bond donors (Lipinski definition) is 4. The predicted octanol–water partition coefficient (Wildman–Crippen LogP) is 6.30. The molecule has 4 heterocycles. The quantitative estimate of drug-likeness (QED) is 0.0395. The summed E-state index contributed by atoms with van der Waals surface area (Å²) in [6.07, 6.45) is 1.63. The number of halogens is 1. The summed E-state index contributed by atoms with van der Waals surface area (Å²) in [7, 11) is -4.05. The van der Waals surface area contributed by atoms with Gasteiger partial charge in [0, 0.05) is 51.3 Å². The van der Waals surface area contributed by atoms with E-state index in [0.717, 1.165) is 38.8 Å². The van der Waals surface area contributed by atoms with Crippen molar-refractivity contribution in [1.82, 2.24) is 30.4 Å². The van der Waals surface area contributed by atoms with Crippen molar-refractivity contribution in [3.8, 4) is 11.1 Å². The van der Waals surface area contributed by atoms with Gasteiger partial charge in [-0.3, -0.25) is 23.9 Å². The second-order valence-corrected chi connectivity index (χ2v) is 19.8. The first kappa shape index (κ1) is 53.7. The number of nitrogens with zero attached hydrogens (tertiary/aromatic N) is 5. The first-order valence-corrected chi connectivity index (χ1v) is 26.1. The summed E-state index contributed by atoms with van der Waals surface area (Å²) in [5.41, 5.74) is 6.05. The standard InChI is InChI=1S/C50H58ClN9O10S2/c1-32-8-13-41(47-44(32)38(30-52)31-55-47)59-72(63,64)40-7-5-6-37(28-40)49(62)54-15-17-66-19-21-68-23-25-70-27-26-69-24-22-67-20-18-65-16-14-53-43(61)29-42-48-58-57-35(4)60(48)50-45(33(2)34(3)71-50)46(56-42)36-9-11-39(51)12-10-36/h5-13,28,31,42,55,59H,14-27,29H2,1-4H3,(H,53,61)(H,54,62)/t42-/m0/s1.